The SMILES string of the molecule is COc1ccc(C(O)CNCc2ccccc2F)cc1. The van der Waals surface area contributed by atoms with Crippen LogP contribution in [0, 0.1) is 5.82 Å². The molecule has 0 aliphatic carbocycles. The van der Waals surface area contributed by atoms with Crippen molar-refractivity contribution in [1.82, 2.24) is 5.32 Å². The Labute approximate surface area is 118 Å². The number of methoxy groups -OCH3 is 1. The summed E-state index contributed by atoms with van der Waals surface area (Å²) in [5.74, 6) is 0.513. The molecule has 2 aromatic rings. The van der Waals surface area contributed by atoms with Crippen LogP contribution in [0.1, 0.15) is 17.2 Å². The second kappa shape index (κ2) is 7.03. The van der Waals surface area contributed by atoms with Crippen molar-refractivity contribution < 1.29 is 14.2 Å². The summed E-state index contributed by atoms with van der Waals surface area (Å²) in [5, 5.41) is 13.1. The molecule has 4 heteroatoms. The van der Waals surface area contributed by atoms with Crippen LogP contribution >= 0.6 is 0 Å². The van der Waals surface area contributed by atoms with Crippen LogP contribution in [0.2, 0.25) is 0 Å². The van der Waals surface area contributed by atoms with E-state index in [2.05, 4.69) is 5.32 Å². The van der Waals surface area contributed by atoms with Gasteiger partial charge in [-0.3, -0.25) is 0 Å². The summed E-state index contributed by atoms with van der Waals surface area (Å²) < 4.78 is 18.5. The van der Waals surface area contributed by atoms with Gasteiger partial charge in [0.2, 0.25) is 0 Å². The maximum absolute atomic E-state index is 13.4. The Morgan fingerprint density at radius 1 is 1.15 bits per heavy atom. The van der Waals surface area contributed by atoms with Crippen molar-refractivity contribution in [3.8, 4) is 5.75 Å². The highest BCUT2D eigenvalue weighted by molar-refractivity contribution is 5.28. The van der Waals surface area contributed by atoms with Crippen LogP contribution in [-0.2, 0) is 6.54 Å². The van der Waals surface area contributed by atoms with Gasteiger partial charge in [-0.1, -0.05) is 30.3 Å². The molecule has 0 heterocycles. The lowest BCUT2D eigenvalue weighted by Gasteiger charge is -2.13. The fraction of sp³-hybridized carbons (Fsp3) is 0.250. The quantitative estimate of drug-likeness (QED) is 0.851. The molecule has 0 aliphatic rings. The molecule has 0 bridgehead atoms. The Morgan fingerprint density at radius 2 is 1.85 bits per heavy atom. The number of aliphatic hydroxyl groups excluding tert-OH is 1. The molecule has 20 heavy (non-hydrogen) atoms. The number of rotatable bonds is 6. The smallest absolute Gasteiger partial charge is 0.127 e. The van der Waals surface area contributed by atoms with Crippen LogP contribution in [0.3, 0.4) is 0 Å². The molecule has 2 aromatic carbocycles. The first-order valence-corrected chi connectivity index (χ1v) is 6.47. The fourth-order valence-corrected chi connectivity index (χ4v) is 1.93. The van der Waals surface area contributed by atoms with Crippen LogP contribution < -0.4 is 10.1 Å². The average Bonchev–Trinajstić information content (AvgIpc) is 2.49. The van der Waals surface area contributed by atoms with Crippen molar-refractivity contribution in [3.63, 3.8) is 0 Å². The van der Waals surface area contributed by atoms with Gasteiger partial charge >= 0.3 is 0 Å². The van der Waals surface area contributed by atoms with Gasteiger partial charge in [0, 0.05) is 18.7 Å². The lowest BCUT2D eigenvalue weighted by molar-refractivity contribution is 0.174. The van der Waals surface area contributed by atoms with E-state index in [0.29, 0.717) is 18.7 Å². The zero-order valence-corrected chi connectivity index (χ0v) is 11.3. The predicted octanol–water partition coefficient (Wildman–Crippen LogP) is 2.66. The number of ether oxygens (including phenoxy) is 1. The molecule has 0 fully saturated rings. The van der Waals surface area contributed by atoms with Crippen molar-refractivity contribution >= 4 is 0 Å². The van der Waals surface area contributed by atoms with Crippen LogP contribution in [0.4, 0.5) is 4.39 Å². The maximum atomic E-state index is 13.4. The van der Waals surface area contributed by atoms with E-state index in [1.165, 1.54) is 6.07 Å². The van der Waals surface area contributed by atoms with Crippen molar-refractivity contribution in [2.24, 2.45) is 0 Å². The summed E-state index contributed by atoms with van der Waals surface area (Å²) in [6.45, 7) is 0.751. The third-order valence-corrected chi connectivity index (χ3v) is 3.11. The summed E-state index contributed by atoms with van der Waals surface area (Å²) in [6, 6.07) is 13.8. The van der Waals surface area contributed by atoms with E-state index in [-0.39, 0.29) is 5.82 Å². The molecule has 1 unspecified atom stereocenters. The first-order valence-electron chi connectivity index (χ1n) is 6.47. The molecular formula is C16H18FNO2. The Kier molecular flexibility index (Phi) is 5.09. The molecular weight excluding hydrogens is 257 g/mol. The highest BCUT2D eigenvalue weighted by Gasteiger charge is 2.08. The van der Waals surface area contributed by atoms with Gasteiger partial charge in [-0.05, 0) is 23.8 Å². The minimum Gasteiger partial charge on any atom is -0.497 e. The monoisotopic (exact) mass is 275 g/mol. The molecule has 2 rings (SSSR count). The number of nitrogens with one attached hydrogen (secondary N) is 1. The largest absolute Gasteiger partial charge is 0.497 e. The molecule has 0 saturated carbocycles. The minimum absolute atomic E-state index is 0.237. The highest BCUT2D eigenvalue weighted by atomic mass is 19.1. The third-order valence-electron chi connectivity index (χ3n) is 3.11. The van der Waals surface area contributed by atoms with E-state index in [1.54, 1.807) is 37.4 Å². The summed E-state index contributed by atoms with van der Waals surface area (Å²) in [5.41, 5.74) is 1.39. The van der Waals surface area contributed by atoms with Gasteiger partial charge in [0.25, 0.3) is 0 Å². The van der Waals surface area contributed by atoms with Crippen molar-refractivity contribution in [3.05, 3.63) is 65.5 Å². The number of hydrogen-bond donors (Lipinski definition) is 2. The van der Waals surface area contributed by atoms with Gasteiger partial charge in [-0.15, -0.1) is 0 Å². The highest BCUT2D eigenvalue weighted by Crippen LogP contribution is 2.17. The third kappa shape index (κ3) is 3.79. The van der Waals surface area contributed by atoms with Gasteiger partial charge in [-0.25, -0.2) is 4.39 Å². The van der Waals surface area contributed by atoms with Crippen LogP contribution in [0.15, 0.2) is 48.5 Å². The average molecular weight is 275 g/mol. The van der Waals surface area contributed by atoms with E-state index in [0.717, 1.165) is 11.3 Å². The Morgan fingerprint density at radius 3 is 2.50 bits per heavy atom. The number of halogens is 1. The lowest BCUT2D eigenvalue weighted by atomic mass is 10.1. The molecule has 1 atom stereocenters. The second-order valence-corrected chi connectivity index (χ2v) is 4.51. The van der Waals surface area contributed by atoms with Gasteiger partial charge in [-0.2, -0.15) is 0 Å². The van der Waals surface area contributed by atoms with E-state index >= 15 is 0 Å². The molecule has 0 radical (unpaired) electrons. The van der Waals surface area contributed by atoms with Gasteiger partial charge in [0.05, 0.1) is 13.2 Å². The zero-order chi connectivity index (χ0) is 14.4. The lowest BCUT2D eigenvalue weighted by Crippen LogP contribution is -2.21. The molecule has 0 aromatic heterocycles. The fourth-order valence-electron chi connectivity index (χ4n) is 1.93. The van der Waals surface area contributed by atoms with Crippen molar-refractivity contribution in [2.75, 3.05) is 13.7 Å². The molecule has 2 N–H and O–H groups in total. The van der Waals surface area contributed by atoms with Crippen LogP contribution in [-0.4, -0.2) is 18.8 Å². The molecule has 3 nitrogen and oxygen atoms in total. The first-order chi connectivity index (χ1) is 9.70. The maximum Gasteiger partial charge on any atom is 0.127 e. The summed E-state index contributed by atoms with van der Waals surface area (Å²) in [6.07, 6.45) is -0.632. The molecule has 0 amide bonds. The summed E-state index contributed by atoms with van der Waals surface area (Å²) >= 11 is 0. The zero-order valence-electron chi connectivity index (χ0n) is 11.3. The normalized spacial score (nSPS) is 12.2. The van der Waals surface area contributed by atoms with Crippen LogP contribution in [0.25, 0.3) is 0 Å². The van der Waals surface area contributed by atoms with Gasteiger partial charge in [0.1, 0.15) is 11.6 Å². The molecule has 106 valence electrons. The van der Waals surface area contributed by atoms with Crippen LogP contribution in [0.5, 0.6) is 5.75 Å². The standard InChI is InChI=1S/C16H18FNO2/c1-20-14-8-6-12(7-9-14)16(19)11-18-10-13-4-2-3-5-15(13)17/h2-9,16,18-19H,10-11H2,1H3. The molecule has 0 aliphatic heterocycles. The second-order valence-electron chi connectivity index (χ2n) is 4.51. The Bertz CT molecular complexity index is 542. The van der Waals surface area contributed by atoms with E-state index < -0.39 is 6.10 Å². The van der Waals surface area contributed by atoms with Gasteiger partial charge in [0.15, 0.2) is 0 Å². The number of benzene rings is 2. The van der Waals surface area contributed by atoms with E-state index in [4.69, 9.17) is 4.74 Å². The number of aliphatic hydroxyl groups is 1. The Balaban J connectivity index is 1.85. The Hall–Kier alpha value is -1.91. The van der Waals surface area contributed by atoms with Crippen molar-refractivity contribution in [2.45, 2.75) is 12.6 Å². The van der Waals surface area contributed by atoms with E-state index in [1.807, 2.05) is 12.1 Å². The predicted molar refractivity (Wildman–Crippen MR) is 76.1 cm³/mol. The topological polar surface area (TPSA) is 41.5 Å². The summed E-state index contributed by atoms with van der Waals surface area (Å²) in [7, 11) is 1.60. The molecule has 0 spiro atoms. The summed E-state index contributed by atoms with van der Waals surface area (Å²) in [4.78, 5) is 0. The van der Waals surface area contributed by atoms with E-state index in [9.17, 15) is 9.50 Å². The minimum atomic E-state index is -0.632. The first kappa shape index (κ1) is 14.5. The van der Waals surface area contributed by atoms with Crippen molar-refractivity contribution in [1.29, 1.82) is 0 Å². The number of hydrogen-bond acceptors (Lipinski definition) is 3. The molecule has 0 saturated heterocycles. The van der Waals surface area contributed by atoms with Gasteiger partial charge < -0.3 is 15.2 Å².